The monoisotopic (exact) mass is 385 g/mol. The summed E-state index contributed by atoms with van der Waals surface area (Å²) >= 11 is 1.43. The topological polar surface area (TPSA) is 88.0 Å². The van der Waals surface area contributed by atoms with Crippen LogP contribution in [0.5, 0.6) is 0 Å². The Morgan fingerprint density at radius 2 is 1.93 bits per heavy atom. The third-order valence-electron chi connectivity index (χ3n) is 4.51. The number of nitrogen functional groups attached to an aromatic ring is 1. The van der Waals surface area contributed by atoms with E-state index in [0.717, 1.165) is 22.5 Å². The van der Waals surface area contributed by atoms with Crippen molar-refractivity contribution >= 4 is 17.7 Å². The summed E-state index contributed by atoms with van der Waals surface area (Å²) in [7, 11) is 0. The highest BCUT2D eigenvalue weighted by molar-refractivity contribution is 7.98. The first-order chi connectivity index (χ1) is 13.0. The normalized spacial score (nSPS) is 11.0. The van der Waals surface area contributed by atoms with Crippen LogP contribution in [0.2, 0.25) is 0 Å². The maximum absolute atomic E-state index is 12.6. The molecule has 0 fully saturated rings. The number of rotatable bonds is 6. The summed E-state index contributed by atoms with van der Waals surface area (Å²) in [4.78, 5) is 12.6. The van der Waals surface area contributed by atoms with Crippen molar-refractivity contribution in [3.05, 3.63) is 53.0 Å². The van der Waals surface area contributed by atoms with Gasteiger partial charge in [-0.05, 0) is 38.2 Å². The van der Waals surface area contributed by atoms with Crippen molar-refractivity contribution in [3.63, 3.8) is 0 Å². The van der Waals surface area contributed by atoms with Crippen LogP contribution in [0.1, 0.15) is 34.4 Å². The van der Waals surface area contributed by atoms with Crippen molar-refractivity contribution in [3.8, 4) is 11.3 Å². The number of benzene rings is 1. The minimum Gasteiger partial charge on any atom is -0.462 e. The molecule has 2 aromatic heterocycles. The number of esters is 1. The van der Waals surface area contributed by atoms with Crippen molar-refractivity contribution in [2.45, 2.75) is 32.5 Å². The summed E-state index contributed by atoms with van der Waals surface area (Å²) < 4.78 is 8.81. The number of ether oxygens (including phenoxy) is 1. The largest absolute Gasteiger partial charge is 0.462 e. The van der Waals surface area contributed by atoms with Gasteiger partial charge in [0.25, 0.3) is 0 Å². The Bertz CT molecular complexity index is 962. The number of aromatic nitrogens is 4. The molecule has 0 atom stereocenters. The van der Waals surface area contributed by atoms with Crippen LogP contribution < -0.4 is 5.84 Å². The number of carbonyl (C=O) groups is 1. The van der Waals surface area contributed by atoms with E-state index in [0.29, 0.717) is 29.7 Å². The summed E-state index contributed by atoms with van der Waals surface area (Å²) in [5.74, 6) is 6.42. The van der Waals surface area contributed by atoms with Gasteiger partial charge in [-0.2, -0.15) is 0 Å². The summed E-state index contributed by atoms with van der Waals surface area (Å²) in [5.41, 5.74) is 4.25. The molecule has 7 nitrogen and oxygen atoms in total. The van der Waals surface area contributed by atoms with E-state index < -0.39 is 0 Å². The molecule has 0 aliphatic carbocycles. The highest BCUT2D eigenvalue weighted by Crippen LogP contribution is 2.32. The zero-order valence-electron chi connectivity index (χ0n) is 15.9. The number of hydrogen-bond donors (Lipinski definition) is 1. The van der Waals surface area contributed by atoms with Gasteiger partial charge in [-0.3, -0.25) is 0 Å². The minimum absolute atomic E-state index is 0.317. The SMILES string of the molecule is CCOC(=O)c1c(C)c(-c2ccccc2)n(Cc2nnc(SC)n2N)c1C. The average molecular weight is 385 g/mol. The molecular formula is C19H23N5O2S. The van der Waals surface area contributed by atoms with Gasteiger partial charge in [0, 0.05) is 5.69 Å². The second-order valence-corrected chi connectivity index (χ2v) is 6.85. The highest BCUT2D eigenvalue weighted by atomic mass is 32.2. The molecule has 0 aliphatic heterocycles. The molecule has 3 aromatic rings. The first-order valence-corrected chi connectivity index (χ1v) is 9.87. The summed E-state index contributed by atoms with van der Waals surface area (Å²) in [6.07, 6.45) is 1.90. The third-order valence-corrected chi connectivity index (χ3v) is 5.15. The van der Waals surface area contributed by atoms with Crippen LogP contribution in [-0.2, 0) is 11.3 Å². The van der Waals surface area contributed by atoms with Crippen molar-refractivity contribution in [1.29, 1.82) is 0 Å². The maximum atomic E-state index is 12.6. The molecule has 2 N–H and O–H groups in total. The zero-order chi connectivity index (χ0) is 19.6. The molecule has 0 spiro atoms. The number of hydrogen-bond acceptors (Lipinski definition) is 6. The predicted octanol–water partition coefficient (Wildman–Crippen LogP) is 3.02. The summed E-state index contributed by atoms with van der Waals surface area (Å²) in [6.45, 7) is 6.40. The number of nitrogens with zero attached hydrogens (tertiary/aromatic N) is 4. The summed E-state index contributed by atoms with van der Waals surface area (Å²) in [5, 5.41) is 8.95. The molecule has 0 radical (unpaired) electrons. The van der Waals surface area contributed by atoms with E-state index in [4.69, 9.17) is 10.6 Å². The highest BCUT2D eigenvalue weighted by Gasteiger charge is 2.25. The van der Waals surface area contributed by atoms with Gasteiger partial charge in [-0.1, -0.05) is 42.1 Å². The van der Waals surface area contributed by atoms with Gasteiger partial charge < -0.3 is 15.1 Å². The van der Waals surface area contributed by atoms with Crippen LogP contribution >= 0.6 is 11.8 Å². The van der Waals surface area contributed by atoms with E-state index in [1.165, 1.54) is 16.4 Å². The van der Waals surface area contributed by atoms with Gasteiger partial charge in [0.2, 0.25) is 5.16 Å². The lowest BCUT2D eigenvalue weighted by Gasteiger charge is -2.12. The van der Waals surface area contributed by atoms with Crippen molar-refractivity contribution in [2.75, 3.05) is 18.7 Å². The quantitative estimate of drug-likeness (QED) is 0.399. The number of nitrogens with two attached hydrogens (primary N) is 1. The molecule has 27 heavy (non-hydrogen) atoms. The molecule has 3 rings (SSSR count). The molecule has 2 heterocycles. The van der Waals surface area contributed by atoms with Crippen LogP contribution in [0.4, 0.5) is 0 Å². The Kier molecular flexibility index (Phi) is 5.55. The average Bonchev–Trinajstić information content (AvgIpc) is 3.13. The van der Waals surface area contributed by atoms with Gasteiger partial charge in [0.1, 0.15) is 0 Å². The van der Waals surface area contributed by atoms with Gasteiger partial charge in [-0.15, -0.1) is 10.2 Å². The van der Waals surface area contributed by atoms with E-state index in [-0.39, 0.29) is 5.97 Å². The van der Waals surface area contributed by atoms with Crippen LogP contribution in [-0.4, -0.2) is 38.3 Å². The lowest BCUT2D eigenvalue weighted by atomic mass is 10.1. The van der Waals surface area contributed by atoms with Gasteiger partial charge in [0.05, 0.1) is 24.4 Å². The van der Waals surface area contributed by atoms with Gasteiger partial charge >= 0.3 is 5.97 Å². The van der Waals surface area contributed by atoms with Crippen molar-refractivity contribution in [1.82, 2.24) is 19.4 Å². The second-order valence-electron chi connectivity index (χ2n) is 6.08. The van der Waals surface area contributed by atoms with E-state index in [1.54, 1.807) is 6.92 Å². The van der Waals surface area contributed by atoms with Crippen LogP contribution in [0.25, 0.3) is 11.3 Å². The lowest BCUT2D eigenvalue weighted by molar-refractivity contribution is 0.0524. The first kappa shape index (κ1) is 19.0. The molecule has 8 heteroatoms. The number of thioether (sulfide) groups is 1. The number of carbonyl (C=O) groups excluding carboxylic acids is 1. The fraction of sp³-hybridized carbons (Fsp3) is 0.316. The molecule has 142 valence electrons. The van der Waals surface area contributed by atoms with E-state index in [9.17, 15) is 4.79 Å². The molecular weight excluding hydrogens is 362 g/mol. The van der Waals surface area contributed by atoms with Crippen molar-refractivity contribution in [2.24, 2.45) is 0 Å². The Balaban J connectivity index is 2.17. The van der Waals surface area contributed by atoms with Crippen LogP contribution in [0.3, 0.4) is 0 Å². The van der Waals surface area contributed by atoms with E-state index in [2.05, 4.69) is 14.8 Å². The zero-order valence-corrected chi connectivity index (χ0v) is 16.7. The third kappa shape index (κ3) is 3.44. The Morgan fingerprint density at radius 3 is 2.52 bits per heavy atom. The minimum atomic E-state index is -0.317. The van der Waals surface area contributed by atoms with Crippen molar-refractivity contribution < 1.29 is 9.53 Å². The second kappa shape index (κ2) is 7.87. The van der Waals surface area contributed by atoms with Gasteiger partial charge in [-0.25, -0.2) is 9.47 Å². The maximum Gasteiger partial charge on any atom is 0.340 e. The van der Waals surface area contributed by atoms with Crippen LogP contribution in [0, 0.1) is 13.8 Å². The molecule has 0 saturated carbocycles. The fourth-order valence-electron chi connectivity index (χ4n) is 3.26. The first-order valence-electron chi connectivity index (χ1n) is 8.65. The van der Waals surface area contributed by atoms with E-state index in [1.807, 2.05) is 50.4 Å². The molecule has 0 bridgehead atoms. The molecule has 1 aromatic carbocycles. The molecule has 0 aliphatic rings. The standard InChI is InChI=1S/C19H23N5O2S/c1-5-26-18(25)16-12(2)17(14-9-7-6-8-10-14)23(13(16)3)11-15-21-22-19(27-4)24(15)20/h6-10H,5,11,20H2,1-4H3. The lowest BCUT2D eigenvalue weighted by Crippen LogP contribution is -2.17. The Labute approximate surface area is 162 Å². The Hall–Kier alpha value is -2.74. The van der Waals surface area contributed by atoms with Gasteiger partial charge in [0.15, 0.2) is 5.82 Å². The molecule has 0 saturated heterocycles. The Morgan fingerprint density at radius 1 is 1.22 bits per heavy atom. The van der Waals surface area contributed by atoms with E-state index >= 15 is 0 Å². The fourth-order valence-corrected chi connectivity index (χ4v) is 3.69. The molecule has 0 amide bonds. The predicted molar refractivity (Wildman–Crippen MR) is 106 cm³/mol. The summed E-state index contributed by atoms with van der Waals surface area (Å²) in [6, 6.07) is 9.96. The molecule has 0 unspecified atom stereocenters. The smallest absolute Gasteiger partial charge is 0.340 e. The van der Waals surface area contributed by atoms with Crippen LogP contribution in [0.15, 0.2) is 35.5 Å².